The molecule has 3 rings (SSSR count). The maximum Gasteiger partial charge on any atom is 0.318 e. The molecule has 6 nitrogen and oxygen atoms in total. The Kier molecular flexibility index (Phi) is 7.00. The van der Waals surface area contributed by atoms with Crippen molar-refractivity contribution in [3.05, 3.63) is 66.2 Å². The predicted octanol–water partition coefficient (Wildman–Crippen LogP) is 5.60. The molecule has 0 unspecified atom stereocenters. The maximum atomic E-state index is 13.0. The van der Waals surface area contributed by atoms with E-state index in [1.807, 2.05) is 93.4 Å². The second-order valence-corrected chi connectivity index (χ2v) is 8.64. The molecule has 1 heterocycles. The standard InChI is InChI=1S/C25H32N4O2/c1-6-17-29(24(30)26-25(2,3)4)18-21-22(19-13-9-7-10-14-19)27-28(5)23(21)31-20-15-11-8-12-16-20/h7-16H,6,17-18H2,1-5H3,(H,26,30). The van der Waals surface area contributed by atoms with Gasteiger partial charge in [0.05, 0.1) is 12.1 Å². The fourth-order valence-electron chi connectivity index (χ4n) is 3.36. The molecule has 0 radical (unpaired) electrons. The molecule has 0 aliphatic heterocycles. The molecule has 0 spiro atoms. The molecule has 6 heteroatoms. The van der Waals surface area contributed by atoms with E-state index in [2.05, 4.69) is 12.2 Å². The van der Waals surface area contributed by atoms with Crippen LogP contribution in [-0.2, 0) is 13.6 Å². The van der Waals surface area contributed by atoms with Crippen molar-refractivity contribution in [1.29, 1.82) is 0 Å². The van der Waals surface area contributed by atoms with Gasteiger partial charge in [-0.05, 0) is 39.3 Å². The summed E-state index contributed by atoms with van der Waals surface area (Å²) in [5.41, 5.74) is 2.38. The Labute approximate surface area is 184 Å². The van der Waals surface area contributed by atoms with Crippen LogP contribution in [0.4, 0.5) is 4.79 Å². The van der Waals surface area contributed by atoms with Crippen LogP contribution >= 0.6 is 0 Å². The molecule has 0 fully saturated rings. The summed E-state index contributed by atoms with van der Waals surface area (Å²) in [6.45, 7) is 9.06. The minimum absolute atomic E-state index is 0.0946. The highest BCUT2D eigenvalue weighted by Gasteiger charge is 2.25. The molecule has 0 saturated heterocycles. The minimum Gasteiger partial charge on any atom is -0.439 e. The maximum absolute atomic E-state index is 13.0. The van der Waals surface area contributed by atoms with Crippen LogP contribution in [0.1, 0.15) is 39.7 Å². The van der Waals surface area contributed by atoms with E-state index in [1.54, 1.807) is 4.68 Å². The molecule has 1 N–H and O–H groups in total. The molecule has 1 aromatic heterocycles. The molecular formula is C25H32N4O2. The highest BCUT2D eigenvalue weighted by atomic mass is 16.5. The number of carbonyl (C=O) groups is 1. The number of hydrogen-bond acceptors (Lipinski definition) is 3. The number of para-hydroxylation sites is 1. The van der Waals surface area contributed by atoms with Crippen LogP contribution in [0.3, 0.4) is 0 Å². The van der Waals surface area contributed by atoms with Crippen molar-refractivity contribution in [2.75, 3.05) is 6.54 Å². The third-order valence-electron chi connectivity index (χ3n) is 4.70. The highest BCUT2D eigenvalue weighted by molar-refractivity contribution is 5.76. The van der Waals surface area contributed by atoms with E-state index >= 15 is 0 Å². The number of amides is 2. The Bertz CT molecular complexity index is 992. The normalized spacial score (nSPS) is 11.3. The van der Waals surface area contributed by atoms with Crippen molar-refractivity contribution in [1.82, 2.24) is 20.0 Å². The summed E-state index contributed by atoms with van der Waals surface area (Å²) in [7, 11) is 1.87. The zero-order valence-corrected chi connectivity index (χ0v) is 19.1. The van der Waals surface area contributed by atoms with E-state index in [0.717, 1.165) is 29.0 Å². The number of hydrogen-bond donors (Lipinski definition) is 1. The van der Waals surface area contributed by atoms with Crippen LogP contribution < -0.4 is 10.1 Å². The lowest BCUT2D eigenvalue weighted by Crippen LogP contribution is -2.48. The van der Waals surface area contributed by atoms with Gasteiger partial charge in [-0.1, -0.05) is 55.5 Å². The van der Waals surface area contributed by atoms with Gasteiger partial charge in [0, 0.05) is 24.7 Å². The van der Waals surface area contributed by atoms with E-state index in [-0.39, 0.29) is 11.6 Å². The zero-order chi connectivity index (χ0) is 22.4. The monoisotopic (exact) mass is 420 g/mol. The van der Waals surface area contributed by atoms with Gasteiger partial charge in [0.25, 0.3) is 0 Å². The first-order valence-corrected chi connectivity index (χ1v) is 10.7. The van der Waals surface area contributed by atoms with Gasteiger partial charge in [0.15, 0.2) is 0 Å². The Morgan fingerprint density at radius 3 is 2.26 bits per heavy atom. The first-order valence-electron chi connectivity index (χ1n) is 10.7. The van der Waals surface area contributed by atoms with E-state index in [4.69, 9.17) is 9.84 Å². The second kappa shape index (κ2) is 9.69. The Balaban J connectivity index is 2.03. The Morgan fingerprint density at radius 2 is 1.68 bits per heavy atom. The van der Waals surface area contributed by atoms with Gasteiger partial charge in [-0.25, -0.2) is 9.48 Å². The summed E-state index contributed by atoms with van der Waals surface area (Å²) in [6.07, 6.45) is 0.855. The minimum atomic E-state index is -0.316. The zero-order valence-electron chi connectivity index (χ0n) is 19.1. The molecule has 0 aliphatic carbocycles. The molecule has 2 amide bonds. The van der Waals surface area contributed by atoms with Gasteiger partial charge < -0.3 is 15.0 Å². The highest BCUT2D eigenvalue weighted by Crippen LogP contribution is 2.34. The van der Waals surface area contributed by atoms with Crippen molar-refractivity contribution >= 4 is 6.03 Å². The smallest absolute Gasteiger partial charge is 0.318 e. The largest absolute Gasteiger partial charge is 0.439 e. The summed E-state index contributed by atoms with van der Waals surface area (Å²) in [4.78, 5) is 14.9. The van der Waals surface area contributed by atoms with Crippen molar-refractivity contribution < 1.29 is 9.53 Å². The average Bonchev–Trinajstić information content (AvgIpc) is 3.03. The van der Waals surface area contributed by atoms with Crippen LogP contribution in [0.5, 0.6) is 11.6 Å². The molecule has 0 atom stereocenters. The number of nitrogens with zero attached hydrogens (tertiary/aromatic N) is 3. The van der Waals surface area contributed by atoms with Crippen LogP contribution in [0.2, 0.25) is 0 Å². The predicted molar refractivity (Wildman–Crippen MR) is 124 cm³/mol. The number of ether oxygens (including phenoxy) is 1. The molecule has 31 heavy (non-hydrogen) atoms. The SMILES string of the molecule is CCCN(Cc1c(-c2ccccc2)nn(C)c1Oc1ccccc1)C(=O)NC(C)(C)C. The lowest BCUT2D eigenvalue weighted by atomic mass is 10.1. The summed E-state index contributed by atoms with van der Waals surface area (Å²) in [5.74, 6) is 1.36. The lowest BCUT2D eigenvalue weighted by molar-refractivity contribution is 0.185. The molecule has 0 bridgehead atoms. The fourth-order valence-corrected chi connectivity index (χ4v) is 3.36. The number of aryl methyl sites for hydroxylation is 1. The molecule has 3 aromatic rings. The van der Waals surface area contributed by atoms with Crippen LogP contribution in [0.25, 0.3) is 11.3 Å². The molecule has 0 aliphatic rings. The lowest BCUT2D eigenvalue weighted by Gasteiger charge is -2.28. The molecular weight excluding hydrogens is 388 g/mol. The summed E-state index contributed by atoms with van der Waals surface area (Å²) in [6, 6.07) is 19.6. The van der Waals surface area contributed by atoms with Gasteiger partial charge in [-0.3, -0.25) is 0 Å². The van der Waals surface area contributed by atoms with Crippen molar-refractivity contribution in [2.24, 2.45) is 7.05 Å². The van der Waals surface area contributed by atoms with Gasteiger partial charge in [0.1, 0.15) is 11.4 Å². The third kappa shape index (κ3) is 5.87. The Morgan fingerprint density at radius 1 is 1.06 bits per heavy atom. The second-order valence-electron chi connectivity index (χ2n) is 8.64. The van der Waals surface area contributed by atoms with Crippen molar-refractivity contribution in [3.63, 3.8) is 0 Å². The first-order chi connectivity index (χ1) is 14.8. The van der Waals surface area contributed by atoms with Crippen LogP contribution in [0, 0.1) is 0 Å². The number of urea groups is 1. The molecule has 164 valence electrons. The topological polar surface area (TPSA) is 59.4 Å². The number of carbonyl (C=O) groups excluding carboxylic acids is 1. The Hall–Kier alpha value is -3.28. The molecule has 2 aromatic carbocycles. The number of rotatable bonds is 7. The van der Waals surface area contributed by atoms with Gasteiger partial charge in [-0.2, -0.15) is 5.10 Å². The summed E-state index contributed by atoms with van der Waals surface area (Å²) < 4.78 is 7.99. The fraction of sp³-hybridized carbons (Fsp3) is 0.360. The van der Waals surface area contributed by atoms with Gasteiger partial charge in [0.2, 0.25) is 5.88 Å². The van der Waals surface area contributed by atoms with E-state index in [9.17, 15) is 4.79 Å². The van der Waals surface area contributed by atoms with Crippen LogP contribution in [-0.4, -0.2) is 32.8 Å². The summed E-state index contributed by atoms with van der Waals surface area (Å²) in [5, 5.41) is 7.84. The molecule has 0 saturated carbocycles. The van der Waals surface area contributed by atoms with Crippen molar-refractivity contribution in [3.8, 4) is 22.9 Å². The average molecular weight is 421 g/mol. The van der Waals surface area contributed by atoms with Gasteiger partial charge in [-0.15, -0.1) is 0 Å². The van der Waals surface area contributed by atoms with E-state index in [0.29, 0.717) is 19.0 Å². The van der Waals surface area contributed by atoms with Gasteiger partial charge >= 0.3 is 6.03 Å². The van der Waals surface area contributed by atoms with Crippen LogP contribution in [0.15, 0.2) is 60.7 Å². The van der Waals surface area contributed by atoms with Crippen molar-refractivity contribution in [2.45, 2.75) is 46.2 Å². The quantitative estimate of drug-likeness (QED) is 0.541. The number of nitrogens with one attached hydrogen (secondary N) is 1. The summed E-state index contributed by atoms with van der Waals surface area (Å²) >= 11 is 0. The number of benzene rings is 2. The first kappa shape index (κ1) is 22.4. The third-order valence-corrected chi connectivity index (χ3v) is 4.70. The van der Waals surface area contributed by atoms with E-state index < -0.39 is 0 Å². The van der Waals surface area contributed by atoms with E-state index in [1.165, 1.54) is 0 Å². The number of aromatic nitrogens is 2.